The number of ether oxygens (including phenoxy) is 2. The smallest absolute Gasteiger partial charge is 0.339 e. The second kappa shape index (κ2) is 5.39. The third-order valence-corrected chi connectivity index (χ3v) is 1.99. The van der Waals surface area contributed by atoms with Crippen LogP contribution in [0.2, 0.25) is 0 Å². The molecular formula is C12H16O4. The highest BCUT2D eigenvalue weighted by Crippen LogP contribution is 2.24. The van der Waals surface area contributed by atoms with Crippen molar-refractivity contribution in [1.82, 2.24) is 0 Å². The van der Waals surface area contributed by atoms with Gasteiger partial charge in [0.25, 0.3) is 0 Å². The normalized spacial score (nSPS) is 10.2. The Morgan fingerprint density at radius 2 is 2.12 bits per heavy atom. The molecule has 0 aliphatic heterocycles. The molecule has 1 aromatic rings. The quantitative estimate of drug-likeness (QED) is 0.834. The highest BCUT2D eigenvalue weighted by molar-refractivity contribution is 5.91. The molecule has 0 atom stereocenters. The number of hydrogen-bond donors (Lipinski definition) is 1. The summed E-state index contributed by atoms with van der Waals surface area (Å²) in [5, 5.41) is 9.02. The van der Waals surface area contributed by atoms with E-state index in [2.05, 4.69) is 0 Å². The zero-order valence-corrected chi connectivity index (χ0v) is 9.69. The Hall–Kier alpha value is -1.71. The van der Waals surface area contributed by atoms with E-state index in [-0.39, 0.29) is 5.56 Å². The Labute approximate surface area is 94.8 Å². The largest absolute Gasteiger partial charge is 0.497 e. The second-order valence-corrected chi connectivity index (χ2v) is 3.87. The molecule has 0 fully saturated rings. The monoisotopic (exact) mass is 224 g/mol. The molecule has 0 radical (unpaired) electrons. The van der Waals surface area contributed by atoms with Crippen molar-refractivity contribution in [3.63, 3.8) is 0 Å². The Balaban J connectivity index is 2.94. The number of carboxylic acids is 1. The zero-order valence-electron chi connectivity index (χ0n) is 9.69. The summed E-state index contributed by atoms with van der Waals surface area (Å²) in [5.41, 5.74) is 0.125. The fourth-order valence-corrected chi connectivity index (χ4v) is 1.19. The molecule has 0 aromatic heterocycles. The molecule has 4 nitrogen and oxygen atoms in total. The van der Waals surface area contributed by atoms with Crippen LogP contribution in [0.3, 0.4) is 0 Å². The minimum Gasteiger partial charge on any atom is -0.497 e. The summed E-state index contributed by atoms with van der Waals surface area (Å²) < 4.78 is 10.4. The van der Waals surface area contributed by atoms with Crippen LogP contribution in [0.25, 0.3) is 0 Å². The standard InChI is InChI=1S/C12H16O4/c1-8(2)7-16-11-5-4-9(15-3)6-10(11)12(13)14/h4-6,8H,7H2,1-3H3,(H,13,14). The summed E-state index contributed by atoms with van der Waals surface area (Å²) in [5.74, 6) is 0.220. The van der Waals surface area contributed by atoms with Gasteiger partial charge in [-0.3, -0.25) is 0 Å². The van der Waals surface area contributed by atoms with Gasteiger partial charge in [-0.2, -0.15) is 0 Å². The maximum Gasteiger partial charge on any atom is 0.339 e. The van der Waals surface area contributed by atoms with Crippen LogP contribution in [-0.4, -0.2) is 24.8 Å². The maximum absolute atomic E-state index is 11.0. The van der Waals surface area contributed by atoms with Crippen molar-refractivity contribution in [2.24, 2.45) is 5.92 Å². The summed E-state index contributed by atoms with van der Waals surface area (Å²) in [6.07, 6.45) is 0. The first kappa shape index (κ1) is 12.4. The van der Waals surface area contributed by atoms with Crippen molar-refractivity contribution in [3.8, 4) is 11.5 Å². The third-order valence-electron chi connectivity index (χ3n) is 1.99. The van der Waals surface area contributed by atoms with Crippen LogP contribution < -0.4 is 9.47 Å². The van der Waals surface area contributed by atoms with E-state index in [1.54, 1.807) is 12.1 Å². The summed E-state index contributed by atoms with van der Waals surface area (Å²) in [4.78, 5) is 11.0. The predicted octanol–water partition coefficient (Wildman–Crippen LogP) is 2.43. The van der Waals surface area contributed by atoms with Crippen molar-refractivity contribution >= 4 is 5.97 Å². The van der Waals surface area contributed by atoms with Crippen LogP contribution in [0, 0.1) is 5.92 Å². The molecule has 0 bridgehead atoms. The summed E-state index contributed by atoms with van der Waals surface area (Å²) >= 11 is 0. The van der Waals surface area contributed by atoms with Gasteiger partial charge in [-0.15, -0.1) is 0 Å². The van der Waals surface area contributed by atoms with Gasteiger partial charge in [0.15, 0.2) is 0 Å². The van der Waals surface area contributed by atoms with Gasteiger partial charge in [0, 0.05) is 0 Å². The van der Waals surface area contributed by atoms with Crippen LogP contribution in [-0.2, 0) is 0 Å². The number of rotatable bonds is 5. The molecule has 0 aliphatic carbocycles. The second-order valence-electron chi connectivity index (χ2n) is 3.87. The van der Waals surface area contributed by atoms with E-state index in [1.807, 2.05) is 13.8 Å². The number of benzene rings is 1. The Bertz CT molecular complexity index is 371. The molecule has 1 aromatic carbocycles. The molecule has 0 saturated carbocycles. The fourth-order valence-electron chi connectivity index (χ4n) is 1.19. The van der Waals surface area contributed by atoms with Crippen LogP contribution in [0.4, 0.5) is 0 Å². The molecule has 1 rings (SSSR count). The molecular weight excluding hydrogens is 208 g/mol. The number of carbonyl (C=O) groups is 1. The van der Waals surface area contributed by atoms with E-state index in [1.165, 1.54) is 13.2 Å². The van der Waals surface area contributed by atoms with Gasteiger partial charge < -0.3 is 14.6 Å². The molecule has 1 N–H and O–H groups in total. The summed E-state index contributed by atoms with van der Waals surface area (Å²) in [7, 11) is 1.50. The number of carboxylic acid groups (broad SMARTS) is 1. The molecule has 4 heteroatoms. The van der Waals surface area contributed by atoms with Crippen molar-refractivity contribution < 1.29 is 19.4 Å². The number of aromatic carboxylic acids is 1. The first-order chi connectivity index (χ1) is 7.54. The van der Waals surface area contributed by atoms with Gasteiger partial charge in [-0.05, 0) is 24.1 Å². The highest BCUT2D eigenvalue weighted by atomic mass is 16.5. The van der Waals surface area contributed by atoms with E-state index in [0.717, 1.165) is 0 Å². The van der Waals surface area contributed by atoms with Crippen molar-refractivity contribution in [2.45, 2.75) is 13.8 Å². The van der Waals surface area contributed by atoms with E-state index >= 15 is 0 Å². The van der Waals surface area contributed by atoms with Crippen LogP contribution in [0.5, 0.6) is 11.5 Å². The van der Waals surface area contributed by atoms with Crippen molar-refractivity contribution in [3.05, 3.63) is 23.8 Å². The van der Waals surface area contributed by atoms with Crippen LogP contribution in [0.15, 0.2) is 18.2 Å². The van der Waals surface area contributed by atoms with Gasteiger partial charge in [0.05, 0.1) is 13.7 Å². The van der Waals surface area contributed by atoms with Crippen LogP contribution >= 0.6 is 0 Å². The zero-order chi connectivity index (χ0) is 12.1. The minimum atomic E-state index is -1.02. The van der Waals surface area contributed by atoms with E-state index in [0.29, 0.717) is 24.0 Å². The molecule has 0 spiro atoms. The molecule has 0 unspecified atom stereocenters. The fraction of sp³-hybridized carbons (Fsp3) is 0.417. The lowest BCUT2D eigenvalue weighted by atomic mass is 10.2. The Kier molecular flexibility index (Phi) is 4.17. The summed E-state index contributed by atoms with van der Waals surface area (Å²) in [6.45, 7) is 4.50. The van der Waals surface area contributed by atoms with Crippen molar-refractivity contribution in [2.75, 3.05) is 13.7 Å². The Morgan fingerprint density at radius 1 is 1.44 bits per heavy atom. The van der Waals surface area contributed by atoms with Gasteiger partial charge >= 0.3 is 5.97 Å². The Morgan fingerprint density at radius 3 is 2.62 bits per heavy atom. The number of methoxy groups -OCH3 is 1. The van der Waals surface area contributed by atoms with E-state index in [4.69, 9.17) is 14.6 Å². The average Bonchev–Trinajstić information content (AvgIpc) is 2.25. The van der Waals surface area contributed by atoms with Gasteiger partial charge in [0.2, 0.25) is 0 Å². The van der Waals surface area contributed by atoms with Crippen molar-refractivity contribution in [1.29, 1.82) is 0 Å². The predicted molar refractivity (Wildman–Crippen MR) is 60.3 cm³/mol. The number of hydrogen-bond acceptors (Lipinski definition) is 3. The molecule has 88 valence electrons. The van der Waals surface area contributed by atoms with Gasteiger partial charge in [-0.25, -0.2) is 4.79 Å². The lowest BCUT2D eigenvalue weighted by molar-refractivity contribution is 0.0691. The molecule has 0 aliphatic rings. The summed E-state index contributed by atoms with van der Waals surface area (Å²) in [6, 6.07) is 4.75. The van der Waals surface area contributed by atoms with E-state index in [9.17, 15) is 4.79 Å². The maximum atomic E-state index is 11.0. The minimum absolute atomic E-state index is 0.125. The topological polar surface area (TPSA) is 55.8 Å². The lowest BCUT2D eigenvalue weighted by Gasteiger charge is -2.11. The first-order valence-electron chi connectivity index (χ1n) is 5.08. The lowest BCUT2D eigenvalue weighted by Crippen LogP contribution is -2.08. The average molecular weight is 224 g/mol. The van der Waals surface area contributed by atoms with E-state index < -0.39 is 5.97 Å². The van der Waals surface area contributed by atoms with Crippen LogP contribution in [0.1, 0.15) is 24.2 Å². The SMILES string of the molecule is COc1ccc(OCC(C)C)c(C(=O)O)c1. The molecule has 0 saturated heterocycles. The third kappa shape index (κ3) is 3.15. The molecule has 16 heavy (non-hydrogen) atoms. The van der Waals surface area contributed by atoms with Gasteiger partial charge in [-0.1, -0.05) is 13.8 Å². The molecule has 0 amide bonds. The van der Waals surface area contributed by atoms with Gasteiger partial charge in [0.1, 0.15) is 17.1 Å². The highest BCUT2D eigenvalue weighted by Gasteiger charge is 2.13. The first-order valence-corrected chi connectivity index (χ1v) is 5.08. The molecule has 0 heterocycles.